The first-order valence-electron chi connectivity index (χ1n) is 8.41. The van der Waals surface area contributed by atoms with Crippen molar-refractivity contribution in [3.05, 3.63) is 53.1 Å². The second kappa shape index (κ2) is 8.93. The standard InChI is InChI=1S/C18H18ClFN4O2S2/c1-10(27)21-8-13-9-24(18(25)26-13)12-3-4-14(15(20)6-12)17(28)23-11-2-5-16(19)22-7-11/h2-7,13,17,23,28H,8-9H2,1H3,(H,21,27)/t13-,17?/m0/s1. The van der Waals surface area contributed by atoms with Crippen LogP contribution in [0.2, 0.25) is 5.15 Å². The number of cyclic esters (lactones) is 1. The molecule has 10 heteroatoms. The highest BCUT2D eigenvalue weighted by Crippen LogP contribution is 2.29. The number of benzene rings is 1. The fourth-order valence-electron chi connectivity index (χ4n) is 2.70. The molecule has 1 fully saturated rings. The molecule has 1 aromatic heterocycles. The van der Waals surface area contributed by atoms with Crippen LogP contribution < -0.4 is 15.5 Å². The highest BCUT2D eigenvalue weighted by Gasteiger charge is 2.32. The quantitative estimate of drug-likeness (QED) is 0.271. The van der Waals surface area contributed by atoms with Crippen LogP contribution in [-0.4, -0.2) is 35.3 Å². The number of rotatable bonds is 6. The predicted octanol–water partition coefficient (Wildman–Crippen LogP) is 4.18. The number of ether oxygens (including phenoxy) is 1. The minimum atomic E-state index is -0.606. The average Bonchev–Trinajstić information content (AvgIpc) is 3.02. The van der Waals surface area contributed by atoms with Gasteiger partial charge in [-0.3, -0.25) is 4.90 Å². The molecule has 1 aromatic carbocycles. The third-order valence-corrected chi connectivity index (χ3v) is 4.85. The molecule has 1 aliphatic rings. The molecule has 0 aliphatic carbocycles. The second-order valence-electron chi connectivity index (χ2n) is 6.18. The zero-order chi connectivity index (χ0) is 20.3. The molecule has 2 heterocycles. The van der Waals surface area contributed by atoms with Gasteiger partial charge in [-0.2, -0.15) is 0 Å². The van der Waals surface area contributed by atoms with E-state index >= 15 is 0 Å². The van der Waals surface area contributed by atoms with Crippen molar-refractivity contribution in [2.24, 2.45) is 0 Å². The lowest BCUT2D eigenvalue weighted by atomic mass is 10.1. The van der Waals surface area contributed by atoms with Crippen LogP contribution in [0, 0.1) is 5.82 Å². The minimum Gasteiger partial charge on any atom is -0.442 e. The number of pyridine rings is 1. The van der Waals surface area contributed by atoms with Crippen LogP contribution in [0.15, 0.2) is 36.5 Å². The molecular weight excluding hydrogens is 423 g/mol. The lowest BCUT2D eigenvalue weighted by molar-refractivity contribution is 0.143. The zero-order valence-electron chi connectivity index (χ0n) is 14.9. The summed E-state index contributed by atoms with van der Waals surface area (Å²) in [4.78, 5) is 18.1. The molecule has 1 unspecified atom stereocenters. The third kappa shape index (κ3) is 5.03. The van der Waals surface area contributed by atoms with Crippen molar-refractivity contribution in [1.82, 2.24) is 10.3 Å². The monoisotopic (exact) mass is 440 g/mol. The Labute approximate surface area is 177 Å². The van der Waals surface area contributed by atoms with E-state index in [1.807, 2.05) is 0 Å². The normalized spacial score (nSPS) is 17.2. The van der Waals surface area contributed by atoms with Crippen LogP contribution in [0.4, 0.5) is 20.6 Å². The number of hydrogen-bond donors (Lipinski definition) is 3. The van der Waals surface area contributed by atoms with Crippen molar-refractivity contribution in [3.8, 4) is 0 Å². The number of nitrogens with one attached hydrogen (secondary N) is 2. The van der Waals surface area contributed by atoms with Gasteiger partial charge in [-0.25, -0.2) is 14.2 Å². The maximum Gasteiger partial charge on any atom is 0.414 e. The molecule has 0 spiro atoms. The summed E-state index contributed by atoms with van der Waals surface area (Å²) < 4.78 is 19.9. The lowest BCUT2D eigenvalue weighted by Crippen LogP contribution is -2.32. The number of aromatic nitrogens is 1. The number of carbonyl (C=O) groups is 1. The Morgan fingerprint density at radius 1 is 1.50 bits per heavy atom. The van der Waals surface area contributed by atoms with Gasteiger partial charge in [0.25, 0.3) is 0 Å². The van der Waals surface area contributed by atoms with Gasteiger partial charge in [0, 0.05) is 5.56 Å². The van der Waals surface area contributed by atoms with Crippen LogP contribution in [0.3, 0.4) is 0 Å². The molecule has 1 aliphatic heterocycles. The molecule has 2 aromatic rings. The zero-order valence-corrected chi connectivity index (χ0v) is 17.3. The number of thiol groups is 1. The molecule has 2 N–H and O–H groups in total. The molecule has 6 nitrogen and oxygen atoms in total. The molecule has 0 radical (unpaired) electrons. The fourth-order valence-corrected chi connectivity index (χ4v) is 3.25. The first-order chi connectivity index (χ1) is 13.3. The first kappa shape index (κ1) is 20.6. The van der Waals surface area contributed by atoms with Crippen LogP contribution >= 0.6 is 36.4 Å². The third-order valence-electron chi connectivity index (χ3n) is 4.07. The average molecular weight is 441 g/mol. The number of halogens is 2. The maximum absolute atomic E-state index is 14.7. The summed E-state index contributed by atoms with van der Waals surface area (Å²) in [5.74, 6) is -0.490. The molecule has 148 valence electrons. The minimum absolute atomic E-state index is 0.312. The van der Waals surface area contributed by atoms with E-state index in [1.165, 1.54) is 17.2 Å². The Kier molecular flexibility index (Phi) is 6.58. The molecule has 0 bridgehead atoms. The van der Waals surface area contributed by atoms with Crippen LogP contribution in [0.5, 0.6) is 0 Å². The topological polar surface area (TPSA) is 66.5 Å². The number of thiocarbonyl (C=S) groups is 1. The fraction of sp³-hybridized carbons (Fsp3) is 0.278. The van der Waals surface area contributed by atoms with Crippen molar-refractivity contribution in [2.75, 3.05) is 23.3 Å². The summed E-state index contributed by atoms with van der Waals surface area (Å²) >= 11 is 15.1. The summed E-state index contributed by atoms with van der Waals surface area (Å²) in [6, 6.07) is 7.88. The summed E-state index contributed by atoms with van der Waals surface area (Å²) in [6.45, 7) is 2.47. The molecular formula is C18H18ClFN4O2S2. The van der Waals surface area contributed by atoms with Crippen LogP contribution in [0.1, 0.15) is 17.9 Å². The number of anilines is 2. The summed E-state index contributed by atoms with van der Waals surface area (Å²) in [5, 5.41) is 5.76. The smallest absolute Gasteiger partial charge is 0.414 e. The van der Waals surface area contributed by atoms with Gasteiger partial charge in [-0.15, -0.1) is 12.6 Å². The van der Waals surface area contributed by atoms with Crippen LogP contribution in [-0.2, 0) is 4.74 Å². The Morgan fingerprint density at radius 3 is 2.93 bits per heavy atom. The molecule has 3 rings (SSSR count). The van der Waals surface area contributed by atoms with Crippen LogP contribution in [0.25, 0.3) is 0 Å². The highest BCUT2D eigenvalue weighted by molar-refractivity contribution is 7.80. The van der Waals surface area contributed by atoms with Gasteiger partial charge in [-0.05, 0) is 31.2 Å². The van der Waals surface area contributed by atoms with Crippen molar-refractivity contribution < 1.29 is 13.9 Å². The Morgan fingerprint density at radius 2 is 2.29 bits per heavy atom. The van der Waals surface area contributed by atoms with Crippen molar-refractivity contribution in [2.45, 2.75) is 18.4 Å². The molecule has 1 saturated heterocycles. The Bertz CT molecular complexity index is 884. The SMILES string of the molecule is CC(=S)NC[C@H]1CN(c2ccc(C(S)Nc3ccc(Cl)nc3)c(F)c2)C(=O)O1. The van der Waals surface area contributed by atoms with Crippen molar-refractivity contribution in [1.29, 1.82) is 0 Å². The first-order valence-corrected chi connectivity index (χ1v) is 9.72. The van der Waals surface area contributed by atoms with E-state index in [0.29, 0.717) is 40.2 Å². The summed E-state index contributed by atoms with van der Waals surface area (Å²) in [6.07, 6.45) is 0.660. The summed E-state index contributed by atoms with van der Waals surface area (Å²) in [7, 11) is 0. The highest BCUT2D eigenvalue weighted by atomic mass is 35.5. The molecule has 1 amide bonds. The predicted molar refractivity (Wildman–Crippen MR) is 115 cm³/mol. The van der Waals surface area contributed by atoms with E-state index in [4.69, 9.17) is 28.6 Å². The van der Waals surface area contributed by atoms with Crippen molar-refractivity contribution in [3.63, 3.8) is 0 Å². The number of amides is 1. The van der Waals surface area contributed by atoms with E-state index in [-0.39, 0.29) is 6.10 Å². The molecule has 28 heavy (non-hydrogen) atoms. The van der Waals surface area contributed by atoms with Gasteiger partial charge in [-0.1, -0.05) is 29.9 Å². The van der Waals surface area contributed by atoms with E-state index in [1.54, 1.807) is 31.2 Å². The van der Waals surface area contributed by atoms with Gasteiger partial charge in [0.2, 0.25) is 0 Å². The maximum atomic E-state index is 14.7. The summed E-state index contributed by atoms with van der Waals surface area (Å²) in [5.41, 5.74) is 1.41. The van der Waals surface area contributed by atoms with E-state index in [2.05, 4.69) is 28.2 Å². The lowest BCUT2D eigenvalue weighted by Gasteiger charge is -2.18. The van der Waals surface area contributed by atoms with E-state index in [9.17, 15) is 9.18 Å². The number of hydrogen-bond acceptors (Lipinski definition) is 6. The van der Waals surface area contributed by atoms with Gasteiger partial charge < -0.3 is 15.4 Å². The largest absolute Gasteiger partial charge is 0.442 e. The van der Waals surface area contributed by atoms with E-state index < -0.39 is 17.3 Å². The van der Waals surface area contributed by atoms with Crippen molar-refractivity contribution >= 4 is 58.9 Å². The Hall–Kier alpha value is -2.10. The molecule has 2 atom stereocenters. The number of nitrogens with zero attached hydrogens (tertiary/aromatic N) is 2. The van der Waals surface area contributed by atoms with Gasteiger partial charge >= 0.3 is 6.09 Å². The van der Waals surface area contributed by atoms with Gasteiger partial charge in [0.1, 0.15) is 17.1 Å². The van der Waals surface area contributed by atoms with E-state index in [0.717, 1.165) is 0 Å². The number of carbonyl (C=O) groups excluding carboxylic acids is 1. The molecule has 0 saturated carbocycles. The van der Waals surface area contributed by atoms with Gasteiger partial charge in [0.05, 0.1) is 41.0 Å². The second-order valence-corrected chi connectivity index (χ2v) is 7.69. The Balaban J connectivity index is 1.68. The van der Waals surface area contributed by atoms with Gasteiger partial charge in [0.15, 0.2) is 0 Å².